The van der Waals surface area contributed by atoms with E-state index in [9.17, 15) is 16.8 Å². The predicted molar refractivity (Wildman–Crippen MR) is 131 cm³/mol. The van der Waals surface area contributed by atoms with Gasteiger partial charge in [0.25, 0.3) is 0 Å². The van der Waals surface area contributed by atoms with Crippen molar-refractivity contribution in [3.8, 4) is 0 Å². The van der Waals surface area contributed by atoms with E-state index in [1.807, 2.05) is 0 Å². The van der Waals surface area contributed by atoms with Gasteiger partial charge in [-0.05, 0) is 35.8 Å². The van der Waals surface area contributed by atoms with Crippen LogP contribution in [-0.2, 0) is 20.0 Å². The molecule has 0 atom stereocenters. The van der Waals surface area contributed by atoms with Crippen LogP contribution in [0, 0.1) is 0 Å². The molecule has 6 nitrogen and oxygen atoms in total. The zero-order chi connectivity index (χ0) is 23.7. The Morgan fingerprint density at radius 1 is 0.793 bits per heavy atom. The first-order valence-corrected chi connectivity index (χ1v) is 20.3. The molecule has 0 heterocycles. The molecule has 0 radical (unpaired) electrons. The van der Waals surface area contributed by atoms with Crippen LogP contribution in [0.15, 0.2) is 0 Å². The number of rotatable bonds is 4. The molecule has 2 aliphatic carbocycles. The molecule has 0 saturated heterocycles. The molecule has 0 unspecified atom stereocenters. The molecule has 2 aliphatic rings. The highest BCUT2D eigenvalue weighted by Gasteiger charge is 2.44. The zero-order valence-corrected chi connectivity index (χ0v) is 24.3. The molecule has 176 valence electrons. The third kappa shape index (κ3) is 11.1. The van der Waals surface area contributed by atoms with E-state index in [0.717, 1.165) is 25.7 Å². The van der Waals surface area contributed by atoms with Crippen molar-refractivity contribution in [2.45, 2.75) is 114 Å². The molecule has 0 bridgehead atoms. The molecule has 0 amide bonds. The average molecular weight is 507 g/mol. The summed E-state index contributed by atoms with van der Waals surface area (Å²) in [5, 5.41) is 4.82. The molecule has 0 spiro atoms. The summed E-state index contributed by atoms with van der Waals surface area (Å²) < 4.78 is 46.8. The van der Waals surface area contributed by atoms with Crippen LogP contribution in [0.1, 0.15) is 67.2 Å². The first-order chi connectivity index (χ1) is 12.4. The van der Waals surface area contributed by atoms with Crippen molar-refractivity contribution in [3.63, 3.8) is 0 Å². The fraction of sp³-hybridized carbons (Fsp3) is 1.00. The lowest BCUT2D eigenvalue weighted by Crippen LogP contribution is -2.55. The number of halogens is 1. The molecule has 2 rings (SSSR count). The highest BCUT2D eigenvalue weighted by Crippen LogP contribution is 2.38. The van der Waals surface area contributed by atoms with Crippen LogP contribution in [0.3, 0.4) is 0 Å². The van der Waals surface area contributed by atoms with E-state index >= 15 is 0 Å². The summed E-state index contributed by atoms with van der Waals surface area (Å²) in [6, 6.07) is 0. The van der Waals surface area contributed by atoms with E-state index in [1.165, 1.54) is 0 Å². The van der Waals surface area contributed by atoms with Crippen LogP contribution in [0.2, 0.25) is 36.3 Å². The quantitative estimate of drug-likeness (QED) is 0.424. The van der Waals surface area contributed by atoms with Gasteiger partial charge in [-0.25, -0.2) is 26.4 Å². The highest BCUT2D eigenvalue weighted by molar-refractivity contribution is 7.91. The maximum atomic E-state index is 11.8. The van der Waals surface area contributed by atoms with Gasteiger partial charge in [-0.1, -0.05) is 67.7 Å². The lowest BCUT2D eigenvalue weighted by Gasteiger charge is -2.36. The van der Waals surface area contributed by atoms with Gasteiger partial charge in [0.05, 0.1) is 10.5 Å². The van der Waals surface area contributed by atoms with E-state index in [2.05, 4.69) is 72.1 Å². The van der Waals surface area contributed by atoms with Crippen LogP contribution >= 0.6 is 11.1 Å². The minimum absolute atomic E-state index is 0.0644. The summed E-state index contributed by atoms with van der Waals surface area (Å²) in [7, 11) is -9.43. The minimum atomic E-state index is -3.13. The monoisotopic (exact) mass is 506 g/mol. The van der Waals surface area contributed by atoms with Gasteiger partial charge in [-0.3, -0.25) is 0 Å². The topological polar surface area (TPSA) is 106 Å². The lowest BCUT2D eigenvalue weighted by molar-refractivity contribution is 0.587. The normalized spacial score (nSPS) is 18.9. The maximum absolute atomic E-state index is 11.8. The van der Waals surface area contributed by atoms with Crippen LogP contribution in [0.25, 0.3) is 0 Å². The Balaban J connectivity index is 0.000000444. The van der Waals surface area contributed by atoms with Crippen molar-refractivity contribution in [3.05, 3.63) is 0 Å². The lowest BCUT2D eigenvalue weighted by atomic mass is 10.2. The molecule has 29 heavy (non-hydrogen) atoms. The van der Waals surface area contributed by atoms with Crippen LogP contribution in [0.5, 0.6) is 0 Å². The van der Waals surface area contributed by atoms with Gasteiger partial charge < -0.3 is 0 Å². The highest BCUT2D eigenvalue weighted by atomic mass is 35.6. The van der Waals surface area contributed by atoms with Crippen molar-refractivity contribution >= 4 is 46.7 Å². The average Bonchev–Trinajstić information content (AvgIpc) is 3.25. The zero-order valence-electron chi connectivity index (χ0n) is 19.9. The van der Waals surface area contributed by atoms with Gasteiger partial charge in [0.1, 0.15) is 8.24 Å². The van der Waals surface area contributed by atoms with Gasteiger partial charge >= 0.3 is 0 Å². The van der Waals surface area contributed by atoms with Crippen molar-refractivity contribution in [2.75, 3.05) is 0 Å². The summed E-state index contributed by atoms with van der Waals surface area (Å²) in [6.07, 6.45) is 3.20. The van der Waals surface area contributed by atoms with Gasteiger partial charge in [0, 0.05) is 0 Å². The fourth-order valence-corrected chi connectivity index (χ4v) is 7.65. The molecule has 0 aromatic rings. The Kier molecular flexibility index (Phi) is 9.76. The number of primary sulfonamides is 1. The van der Waals surface area contributed by atoms with Gasteiger partial charge in [0.2, 0.25) is 20.0 Å². The first kappa shape index (κ1) is 29.5. The summed E-state index contributed by atoms with van der Waals surface area (Å²) >= 11 is 6.15. The summed E-state index contributed by atoms with van der Waals surface area (Å²) in [5.74, 6) is 0. The first-order valence-electron chi connectivity index (χ1n) is 10.1. The SMILES string of the molecule is CC(C)(C)[Si](C)(C)Cl.CC(C)(C)[Si](C)(C)NS(=O)(=O)C1CC1.NS(=O)(=O)C1CC1. The summed E-state index contributed by atoms with van der Waals surface area (Å²) in [5.41, 5.74) is 0. The molecule has 11 heteroatoms. The fourth-order valence-electron chi connectivity index (χ4n) is 1.37. The summed E-state index contributed by atoms with van der Waals surface area (Å²) in [4.78, 5) is 0. The third-order valence-corrected chi connectivity index (χ3v) is 21.0. The smallest absolute Gasteiger partial charge is 0.211 e. The second kappa shape index (κ2) is 9.58. The Morgan fingerprint density at radius 2 is 1.10 bits per heavy atom. The second-order valence-corrected chi connectivity index (χ2v) is 27.7. The van der Waals surface area contributed by atoms with E-state index in [4.69, 9.17) is 16.2 Å². The number of sulfonamides is 2. The van der Waals surface area contributed by atoms with Crippen LogP contribution < -0.4 is 9.53 Å². The summed E-state index contributed by atoms with van der Waals surface area (Å²) in [6.45, 7) is 21.4. The number of hydrogen-bond acceptors (Lipinski definition) is 4. The number of nitrogens with one attached hydrogen (secondary N) is 1. The van der Waals surface area contributed by atoms with Gasteiger partial charge in [0.15, 0.2) is 7.38 Å². The Bertz CT molecular complexity index is 730. The van der Waals surface area contributed by atoms with E-state index < -0.39 is 35.7 Å². The second-order valence-electron chi connectivity index (χ2n) is 11.2. The maximum Gasteiger partial charge on any atom is 0.211 e. The minimum Gasteiger partial charge on any atom is -0.237 e. The number of nitrogens with two attached hydrogens (primary N) is 1. The number of hydrogen-bond donors (Lipinski definition) is 2. The van der Waals surface area contributed by atoms with Crippen molar-refractivity contribution in [2.24, 2.45) is 5.14 Å². The molecule has 3 N–H and O–H groups in total. The molecular formula is C18H43ClN2O4S2Si2. The molecule has 0 aromatic carbocycles. The van der Waals surface area contributed by atoms with Crippen molar-refractivity contribution in [1.29, 1.82) is 0 Å². The van der Waals surface area contributed by atoms with E-state index in [0.29, 0.717) is 5.04 Å². The Hall–Kier alpha value is 0.544. The van der Waals surface area contributed by atoms with Gasteiger partial charge in [-0.15, -0.1) is 0 Å². The molecule has 2 saturated carbocycles. The third-order valence-electron chi connectivity index (χ3n) is 6.01. The van der Waals surface area contributed by atoms with Gasteiger partial charge in [-0.2, -0.15) is 11.1 Å². The van der Waals surface area contributed by atoms with Crippen molar-refractivity contribution in [1.82, 2.24) is 4.39 Å². The molecule has 0 aliphatic heterocycles. The molecule has 0 aromatic heterocycles. The Labute approximate surface area is 186 Å². The van der Waals surface area contributed by atoms with Crippen molar-refractivity contribution < 1.29 is 16.8 Å². The van der Waals surface area contributed by atoms with Crippen LogP contribution in [0.4, 0.5) is 0 Å². The molecule has 2 fully saturated rings. The molecular weight excluding hydrogens is 464 g/mol. The van der Waals surface area contributed by atoms with Crippen LogP contribution in [-0.4, -0.2) is 43.0 Å². The largest absolute Gasteiger partial charge is 0.237 e. The van der Waals surface area contributed by atoms with E-state index in [1.54, 1.807) is 0 Å². The van der Waals surface area contributed by atoms with E-state index in [-0.39, 0.29) is 15.5 Å². The Morgan fingerprint density at radius 3 is 1.24 bits per heavy atom. The standard InChI is InChI=1S/C9H21NO2SSi.C6H15ClSi.C3H7NO2S/c1-9(2,3)14(4,5)10-13(11,12)8-6-7-8;1-6(2,3)8(4,5)7;4-7(5,6)3-1-2-3/h8,10H,6-7H2,1-5H3;1-5H3;3H,1-2H2,(H2,4,5,6). The predicted octanol–water partition coefficient (Wildman–Crippen LogP) is 4.74.